The van der Waals surface area contributed by atoms with Crippen molar-refractivity contribution in [3.63, 3.8) is 0 Å². The molecule has 3 aromatic heterocycles. The van der Waals surface area contributed by atoms with Gasteiger partial charge < -0.3 is 4.57 Å². The van der Waals surface area contributed by atoms with Crippen molar-refractivity contribution in [1.82, 2.24) is 14.5 Å². The number of alkyl halides is 1. The predicted octanol–water partition coefficient (Wildman–Crippen LogP) is 3.93. The van der Waals surface area contributed by atoms with Crippen LogP contribution in [0.3, 0.4) is 0 Å². The van der Waals surface area contributed by atoms with Crippen molar-refractivity contribution in [1.29, 1.82) is 0 Å². The number of hydrogen-bond acceptors (Lipinski definition) is 3. The summed E-state index contributed by atoms with van der Waals surface area (Å²) in [5, 5.41) is 4.75. The van der Waals surface area contributed by atoms with E-state index in [1.165, 1.54) is 5.56 Å². The number of pyridine rings is 1. The third kappa shape index (κ3) is 2.11. The normalized spacial score (nSPS) is 11.2. The van der Waals surface area contributed by atoms with E-state index in [0.717, 1.165) is 23.5 Å². The van der Waals surface area contributed by atoms with Crippen LogP contribution < -0.4 is 0 Å². The van der Waals surface area contributed by atoms with Crippen molar-refractivity contribution in [3.05, 3.63) is 45.5 Å². The highest BCUT2D eigenvalue weighted by molar-refractivity contribution is 7.07. The lowest BCUT2D eigenvalue weighted by atomic mass is 10.3. The first kappa shape index (κ1) is 12.0. The van der Waals surface area contributed by atoms with Gasteiger partial charge in [-0.3, -0.25) is 0 Å². The molecule has 3 rings (SSSR count). The maximum Gasteiger partial charge on any atom is 0.160 e. The van der Waals surface area contributed by atoms with Crippen molar-refractivity contribution < 1.29 is 0 Å². The van der Waals surface area contributed by atoms with Crippen LogP contribution in [0.25, 0.3) is 11.2 Å². The highest BCUT2D eigenvalue weighted by Gasteiger charge is 2.12. The maximum atomic E-state index is 5.94. The number of aromatic nitrogens is 3. The Morgan fingerprint density at radius 3 is 3.00 bits per heavy atom. The average Bonchev–Trinajstić information content (AvgIpc) is 2.97. The summed E-state index contributed by atoms with van der Waals surface area (Å²) in [6.07, 6.45) is 1.63. The van der Waals surface area contributed by atoms with Crippen molar-refractivity contribution in [3.8, 4) is 0 Å². The van der Waals surface area contributed by atoms with E-state index in [9.17, 15) is 0 Å². The summed E-state index contributed by atoms with van der Waals surface area (Å²) in [7, 11) is 0. The van der Waals surface area contributed by atoms with Gasteiger partial charge in [0.1, 0.15) is 11.3 Å². The minimum absolute atomic E-state index is 0.359. The topological polar surface area (TPSA) is 30.7 Å². The van der Waals surface area contributed by atoms with Gasteiger partial charge in [-0.05, 0) is 28.5 Å². The first-order chi connectivity index (χ1) is 8.78. The molecule has 0 atom stereocenters. The minimum Gasteiger partial charge on any atom is -0.307 e. The number of fused-ring (bicyclic) bond motifs is 1. The fraction of sp³-hybridized carbons (Fsp3) is 0.167. The van der Waals surface area contributed by atoms with Gasteiger partial charge in [0.25, 0.3) is 0 Å². The summed E-state index contributed by atoms with van der Waals surface area (Å²) in [4.78, 5) is 8.80. The molecular weight excluding hydrogens is 289 g/mol. The molecule has 0 N–H and O–H groups in total. The van der Waals surface area contributed by atoms with Crippen LogP contribution in [0.15, 0.2) is 29.1 Å². The fourth-order valence-corrected chi connectivity index (χ4v) is 2.88. The van der Waals surface area contributed by atoms with Crippen LogP contribution in [0.2, 0.25) is 5.02 Å². The van der Waals surface area contributed by atoms with Crippen LogP contribution in [0.1, 0.15) is 11.4 Å². The van der Waals surface area contributed by atoms with E-state index in [1.807, 2.05) is 10.6 Å². The van der Waals surface area contributed by atoms with Gasteiger partial charge in [0.15, 0.2) is 5.65 Å². The van der Waals surface area contributed by atoms with Crippen LogP contribution in [-0.4, -0.2) is 14.5 Å². The molecule has 18 heavy (non-hydrogen) atoms. The summed E-state index contributed by atoms with van der Waals surface area (Å²) in [6.45, 7) is 0.733. The van der Waals surface area contributed by atoms with E-state index in [0.29, 0.717) is 10.9 Å². The Morgan fingerprint density at radius 1 is 1.39 bits per heavy atom. The van der Waals surface area contributed by atoms with Crippen molar-refractivity contribution in [2.75, 3.05) is 0 Å². The highest BCUT2D eigenvalue weighted by atomic mass is 35.5. The fourth-order valence-electron chi connectivity index (χ4n) is 1.87. The van der Waals surface area contributed by atoms with E-state index in [-0.39, 0.29) is 0 Å². The molecule has 0 bridgehead atoms. The summed E-state index contributed by atoms with van der Waals surface area (Å²) in [5.74, 6) is 1.17. The maximum absolute atomic E-state index is 5.94. The van der Waals surface area contributed by atoms with Gasteiger partial charge >= 0.3 is 0 Å². The smallest absolute Gasteiger partial charge is 0.160 e. The van der Waals surface area contributed by atoms with Gasteiger partial charge in [-0.2, -0.15) is 11.3 Å². The van der Waals surface area contributed by atoms with Gasteiger partial charge in [-0.15, -0.1) is 11.6 Å². The Labute approximate surface area is 118 Å². The molecule has 3 aromatic rings. The molecule has 0 amide bonds. The van der Waals surface area contributed by atoms with Crippen LogP contribution in [-0.2, 0) is 12.4 Å². The molecule has 0 aliphatic heterocycles. The third-order valence-electron chi connectivity index (χ3n) is 2.67. The zero-order chi connectivity index (χ0) is 12.5. The number of imidazole rings is 1. The SMILES string of the molecule is ClCc1nc2cc(Cl)cnc2n1Cc1ccsc1. The van der Waals surface area contributed by atoms with Crippen LogP contribution in [0, 0.1) is 0 Å². The van der Waals surface area contributed by atoms with Crippen LogP contribution >= 0.6 is 34.5 Å². The van der Waals surface area contributed by atoms with Gasteiger partial charge in [0, 0.05) is 6.20 Å². The zero-order valence-corrected chi connectivity index (χ0v) is 11.6. The van der Waals surface area contributed by atoms with Gasteiger partial charge in [0.2, 0.25) is 0 Å². The molecule has 3 heterocycles. The number of rotatable bonds is 3. The molecule has 0 unspecified atom stereocenters. The summed E-state index contributed by atoms with van der Waals surface area (Å²) in [5.41, 5.74) is 2.83. The molecular formula is C12H9Cl2N3S. The molecule has 0 spiro atoms. The lowest BCUT2D eigenvalue weighted by Crippen LogP contribution is -2.03. The molecule has 0 aliphatic carbocycles. The second-order valence-electron chi connectivity index (χ2n) is 3.88. The second-order valence-corrected chi connectivity index (χ2v) is 5.36. The first-order valence-electron chi connectivity index (χ1n) is 5.35. The van der Waals surface area contributed by atoms with E-state index >= 15 is 0 Å². The van der Waals surface area contributed by atoms with E-state index in [2.05, 4.69) is 26.8 Å². The van der Waals surface area contributed by atoms with Gasteiger partial charge in [-0.1, -0.05) is 11.6 Å². The molecule has 0 saturated heterocycles. The predicted molar refractivity (Wildman–Crippen MR) is 75.5 cm³/mol. The van der Waals surface area contributed by atoms with E-state index in [1.54, 1.807) is 17.5 Å². The number of thiophene rings is 1. The Hall–Kier alpha value is -1.10. The third-order valence-corrected chi connectivity index (χ3v) is 3.85. The number of nitrogens with zero attached hydrogens (tertiary/aromatic N) is 3. The van der Waals surface area contributed by atoms with Crippen LogP contribution in [0.4, 0.5) is 0 Å². The molecule has 0 saturated carbocycles. The minimum atomic E-state index is 0.359. The number of halogens is 2. The van der Waals surface area contributed by atoms with Crippen LogP contribution in [0.5, 0.6) is 0 Å². The lowest BCUT2D eigenvalue weighted by Gasteiger charge is -2.05. The first-order valence-corrected chi connectivity index (χ1v) is 7.21. The van der Waals surface area contributed by atoms with Crippen molar-refractivity contribution >= 4 is 45.7 Å². The van der Waals surface area contributed by atoms with E-state index < -0.39 is 0 Å². The summed E-state index contributed by atoms with van der Waals surface area (Å²) < 4.78 is 2.03. The molecule has 0 radical (unpaired) electrons. The molecule has 6 heteroatoms. The number of hydrogen-bond donors (Lipinski definition) is 0. The molecule has 0 fully saturated rings. The Balaban J connectivity index is 2.13. The Morgan fingerprint density at radius 2 is 2.28 bits per heavy atom. The average molecular weight is 298 g/mol. The summed E-state index contributed by atoms with van der Waals surface area (Å²) >= 11 is 13.5. The largest absolute Gasteiger partial charge is 0.307 e. The quantitative estimate of drug-likeness (QED) is 0.686. The molecule has 0 aromatic carbocycles. The van der Waals surface area contributed by atoms with Crippen molar-refractivity contribution in [2.45, 2.75) is 12.4 Å². The molecule has 0 aliphatic rings. The Bertz CT molecular complexity index is 676. The van der Waals surface area contributed by atoms with Crippen molar-refractivity contribution in [2.24, 2.45) is 0 Å². The highest BCUT2D eigenvalue weighted by Crippen LogP contribution is 2.21. The van der Waals surface area contributed by atoms with Gasteiger partial charge in [-0.25, -0.2) is 9.97 Å². The Kier molecular flexibility index (Phi) is 3.24. The van der Waals surface area contributed by atoms with Gasteiger partial charge in [0.05, 0.1) is 17.4 Å². The monoisotopic (exact) mass is 297 g/mol. The standard InChI is InChI=1S/C12H9Cl2N3S/c13-4-11-16-10-3-9(14)5-15-12(10)17(11)6-8-1-2-18-7-8/h1-3,5,7H,4,6H2. The van der Waals surface area contributed by atoms with E-state index in [4.69, 9.17) is 23.2 Å². The lowest BCUT2D eigenvalue weighted by molar-refractivity contribution is 0.773. The molecule has 92 valence electrons. The second kappa shape index (κ2) is 4.88. The molecule has 3 nitrogen and oxygen atoms in total. The summed E-state index contributed by atoms with van der Waals surface area (Å²) in [6, 6.07) is 3.90. The zero-order valence-electron chi connectivity index (χ0n) is 9.31.